The summed E-state index contributed by atoms with van der Waals surface area (Å²) in [4.78, 5) is 41.0. The molecule has 0 aromatic heterocycles. The third kappa shape index (κ3) is 5.89. The van der Waals surface area contributed by atoms with E-state index in [0.717, 1.165) is 67.2 Å². The Labute approximate surface area is 249 Å². The van der Waals surface area contributed by atoms with Gasteiger partial charge in [-0.25, -0.2) is 9.98 Å². The minimum atomic E-state index is -0.345. The molecule has 1 amide bonds. The lowest BCUT2D eigenvalue weighted by Crippen LogP contribution is -2.44. The van der Waals surface area contributed by atoms with E-state index >= 15 is 0 Å². The first-order valence-electron chi connectivity index (χ1n) is 15.1. The lowest BCUT2D eigenvalue weighted by atomic mass is 9.84. The smallest absolute Gasteiger partial charge is 0.242 e. The maximum Gasteiger partial charge on any atom is 0.242 e. The van der Waals surface area contributed by atoms with E-state index in [-0.39, 0.29) is 18.2 Å². The van der Waals surface area contributed by atoms with Crippen LogP contribution in [0.4, 0.5) is 5.69 Å². The molecule has 2 aromatic rings. The first-order valence-corrected chi connectivity index (χ1v) is 15.1. The zero-order chi connectivity index (χ0) is 29.6. The summed E-state index contributed by atoms with van der Waals surface area (Å²) in [6.07, 6.45) is 17.5. The van der Waals surface area contributed by atoms with Crippen LogP contribution in [0.3, 0.4) is 0 Å². The number of likely N-dealkylation sites (tertiary alicyclic amines) is 1. The number of nitrogens with one attached hydrogen (secondary N) is 1. The summed E-state index contributed by atoms with van der Waals surface area (Å²) in [6.45, 7) is 5.98. The summed E-state index contributed by atoms with van der Waals surface area (Å²) in [7, 11) is 3.64. The molecule has 0 saturated carbocycles. The topological polar surface area (TPSA) is 80.6 Å². The maximum atomic E-state index is 12.9. The number of aliphatic imine (C=N–C) groups is 2. The standard InChI is InChI=1S/C34H42N6O2/c1-5-7-8-12-31(33(42)35-3)38(4)30-14-13-28(29-11-9-10-26(23-41)32(29)30)25-15-17-39(18-16-25)27-20-37-34-36-19-24(6-2)21-40(34)22-27/h5,7,9-11,13-14,19-23,25,31,34H,6,8,12,15-18H2,1-4H3,(H,35,42)/b7-5-. The number of carbonyl (C=O) groups excluding carboxylic acids is 2. The average Bonchev–Trinajstić information content (AvgIpc) is 3.04. The van der Waals surface area contributed by atoms with Crippen LogP contribution in [-0.2, 0) is 4.79 Å². The Hall–Kier alpha value is -4.20. The van der Waals surface area contributed by atoms with Crippen LogP contribution in [0, 0.1) is 0 Å². The highest BCUT2D eigenvalue weighted by atomic mass is 16.2. The molecular formula is C34H42N6O2. The van der Waals surface area contributed by atoms with E-state index in [2.05, 4.69) is 68.7 Å². The lowest BCUT2D eigenvalue weighted by molar-refractivity contribution is -0.122. The van der Waals surface area contributed by atoms with Crippen molar-refractivity contribution in [2.75, 3.05) is 32.1 Å². The summed E-state index contributed by atoms with van der Waals surface area (Å²) in [6, 6.07) is 9.94. The molecule has 0 bridgehead atoms. The Balaban J connectivity index is 1.39. The average molecular weight is 567 g/mol. The molecule has 0 aliphatic carbocycles. The van der Waals surface area contributed by atoms with Gasteiger partial charge in [0.25, 0.3) is 0 Å². The molecule has 3 aliphatic rings. The van der Waals surface area contributed by atoms with Crippen molar-refractivity contribution >= 4 is 41.1 Å². The summed E-state index contributed by atoms with van der Waals surface area (Å²) in [5, 5.41) is 4.85. The van der Waals surface area contributed by atoms with E-state index in [4.69, 9.17) is 0 Å². The molecular weight excluding hydrogens is 524 g/mol. The molecule has 2 aromatic carbocycles. The number of piperidine rings is 1. The van der Waals surface area contributed by atoms with Gasteiger partial charge in [-0.15, -0.1) is 0 Å². The predicted molar refractivity (Wildman–Crippen MR) is 172 cm³/mol. The molecule has 8 nitrogen and oxygen atoms in total. The highest BCUT2D eigenvalue weighted by Crippen LogP contribution is 2.39. The van der Waals surface area contributed by atoms with Gasteiger partial charge in [0.15, 0.2) is 6.29 Å². The van der Waals surface area contributed by atoms with Crippen molar-refractivity contribution in [2.45, 2.75) is 64.2 Å². The number of anilines is 1. The maximum absolute atomic E-state index is 12.9. The molecule has 5 rings (SSSR count). The number of aldehydes is 1. The second kappa shape index (κ2) is 13.2. The quantitative estimate of drug-likeness (QED) is 0.298. The van der Waals surface area contributed by atoms with Crippen LogP contribution in [0.25, 0.3) is 10.8 Å². The van der Waals surface area contributed by atoms with Gasteiger partial charge in [0.05, 0.1) is 11.9 Å². The zero-order valence-corrected chi connectivity index (χ0v) is 25.2. The Morgan fingerprint density at radius 2 is 1.93 bits per heavy atom. The second-order valence-corrected chi connectivity index (χ2v) is 11.2. The minimum Gasteiger partial charge on any atom is -0.369 e. The largest absolute Gasteiger partial charge is 0.369 e. The van der Waals surface area contributed by atoms with Crippen LogP contribution in [0.1, 0.15) is 67.8 Å². The van der Waals surface area contributed by atoms with Crippen LogP contribution < -0.4 is 10.2 Å². The van der Waals surface area contributed by atoms with Gasteiger partial charge in [0, 0.05) is 62.4 Å². The number of nitrogens with zero attached hydrogens (tertiary/aromatic N) is 5. The number of fused-ring (bicyclic) bond motifs is 2. The Bertz CT molecular complexity index is 1460. The van der Waals surface area contributed by atoms with Crippen LogP contribution in [0.5, 0.6) is 0 Å². The molecule has 3 heterocycles. The summed E-state index contributed by atoms with van der Waals surface area (Å²) in [5.74, 6) is 0.342. The van der Waals surface area contributed by atoms with Crippen molar-refractivity contribution in [3.63, 3.8) is 0 Å². The number of carbonyl (C=O) groups is 2. The van der Waals surface area contributed by atoms with E-state index in [1.54, 1.807) is 7.05 Å². The SMILES string of the molecule is C/C=C\CCC(C(=O)NC)N(C)c1ccc(C2CCN(C3=CN4C=C(CC)C=NC4N=C3)CC2)c2cccc(C=O)c12. The fourth-order valence-electron chi connectivity index (χ4n) is 6.32. The van der Waals surface area contributed by atoms with Crippen LogP contribution in [0.15, 0.2) is 76.1 Å². The van der Waals surface area contributed by atoms with Gasteiger partial charge < -0.3 is 20.0 Å². The third-order valence-corrected chi connectivity index (χ3v) is 8.74. The summed E-state index contributed by atoms with van der Waals surface area (Å²) < 4.78 is 0. The summed E-state index contributed by atoms with van der Waals surface area (Å²) in [5.41, 5.74) is 5.15. The van der Waals surface area contributed by atoms with Gasteiger partial charge in [0.1, 0.15) is 6.04 Å². The Morgan fingerprint density at radius 3 is 2.64 bits per heavy atom. The van der Waals surface area contributed by atoms with Gasteiger partial charge in [0.2, 0.25) is 12.2 Å². The second-order valence-electron chi connectivity index (χ2n) is 11.2. The predicted octanol–water partition coefficient (Wildman–Crippen LogP) is 5.63. The number of hydrogen-bond donors (Lipinski definition) is 1. The molecule has 2 unspecified atom stereocenters. The van der Waals surface area contributed by atoms with Gasteiger partial charge in [-0.3, -0.25) is 9.59 Å². The molecule has 2 atom stereocenters. The van der Waals surface area contributed by atoms with Crippen LogP contribution in [-0.4, -0.2) is 73.9 Å². The van der Waals surface area contributed by atoms with E-state index < -0.39 is 0 Å². The van der Waals surface area contributed by atoms with Gasteiger partial charge >= 0.3 is 0 Å². The van der Waals surface area contributed by atoms with Gasteiger partial charge in [-0.1, -0.05) is 43.3 Å². The third-order valence-electron chi connectivity index (χ3n) is 8.74. The molecule has 0 radical (unpaired) electrons. The number of likely N-dealkylation sites (N-methyl/N-ethyl adjacent to an activating group) is 2. The van der Waals surface area contributed by atoms with Crippen molar-refractivity contribution in [3.05, 3.63) is 77.3 Å². The highest BCUT2D eigenvalue weighted by Gasteiger charge is 2.29. The van der Waals surface area contributed by atoms with Gasteiger partial charge in [-0.05, 0) is 67.5 Å². The van der Waals surface area contributed by atoms with Crippen molar-refractivity contribution in [2.24, 2.45) is 9.98 Å². The molecule has 0 spiro atoms. The van der Waals surface area contributed by atoms with E-state index in [0.29, 0.717) is 17.9 Å². The first-order chi connectivity index (χ1) is 20.5. The number of allylic oxidation sites excluding steroid dienone is 4. The molecule has 220 valence electrons. The van der Waals surface area contributed by atoms with Crippen molar-refractivity contribution in [3.8, 4) is 0 Å². The molecule has 42 heavy (non-hydrogen) atoms. The number of benzene rings is 2. The molecule has 3 aliphatic heterocycles. The van der Waals surface area contributed by atoms with E-state index in [1.165, 1.54) is 11.1 Å². The first kappa shape index (κ1) is 29.3. The van der Waals surface area contributed by atoms with Crippen molar-refractivity contribution in [1.29, 1.82) is 0 Å². The summed E-state index contributed by atoms with van der Waals surface area (Å²) >= 11 is 0. The van der Waals surface area contributed by atoms with Crippen molar-refractivity contribution < 1.29 is 9.59 Å². The fourth-order valence-corrected chi connectivity index (χ4v) is 6.32. The highest BCUT2D eigenvalue weighted by molar-refractivity contribution is 6.07. The minimum absolute atomic E-state index is 0.0279. The number of rotatable bonds is 10. The fraction of sp³-hybridized carbons (Fsp3) is 0.412. The monoisotopic (exact) mass is 566 g/mol. The molecule has 8 heteroatoms. The molecule has 1 fully saturated rings. The van der Waals surface area contributed by atoms with Gasteiger partial charge in [-0.2, -0.15) is 0 Å². The molecule has 1 N–H and O–H groups in total. The Morgan fingerprint density at radius 1 is 1.14 bits per heavy atom. The van der Waals surface area contributed by atoms with E-state index in [1.807, 2.05) is 49.5 Å². The van der Waals surface area contributed by atoms with Crippen LogP contribution in [0.2, 0.25) is 0 Å². The number of hydrogen-bond acceptors (Lipinski definition) is 7. The van der Waals surface area contributed by atoms with Crippen molar-refractivity contribution in [1.82, 2.24) is 15.1 Å². The zero-order valence-electron chi connectivity index (χ0n) is 25.2. The normalized spacial score (nSPS) is 19.5. The van der Waals surface area contributed by atoms with E-state index in [9.17, 15) is 9.59 Å². The number of amides is 1. The lowest BCUT2D eigenvalue weighted by Gasteiger charge is -2.38. The molecule has 1 saturated heterocycles. The Kier molecular flexibility index (Phi) is 9.20. The van der Waals surface area contributed by atoms with Crippen LogP contribution >= 0.6 is 0 Å².